The van der Waals surface area contributed by atoms with Crippen molar-refractivity contribution < 1.29 is 4.39 Å². The molecule has 0 fully saturated rings. The van der Waals surface area contributed by atoms with Gasteiger partial charge in [0.15, 0.2) is 0 Å². The molecule has 0 amide bonds. The molecule has 78 valence electrons. The van der Waals surface area contributed by atoms with E-state index in [9.17, 15) is 4.39 Å². The first-order valence-electron chi connectivity index (χ1n) is 4.42. The normalized spacial score (nSPS) is 10.2. The van der Waals surface area contributed by atoms with Gasteiger partial charge in [0.2, 0.25) is 0 Å². The van der Waals surface area contributed by atoms with Crippen LogP contribution in [0.3, 0.4) is 0 Å². The number of rotatable bonds is 5. The number of hydrogen-bond acceptors (Lipinski definition) is 2. The van der Waals surface area contributed by atoms with E-state index in [0.29, 0.717) is 5.69 Å². The monoisotopic (exact) mass is 277 g/mol. The first kappa shape index (κ1) is 11.9. The fraction of sp³-hybridized carbons (Fsp3) is 0.400. The first-order chi connectivity index (χ1) is 6.74. The highest BCUT2D eigenvalue weighted by atomic mass is 79.9. The Kier molecular flexibility index (Phi) is 5.33. The predicted molar refractivity (Wildman–Crippen MR) is 65.6 cm³/mol. The van der Waals surface area contributed by atoms with Gasteiger partial charge in [-0.1, -0.05) is 15.9 Å². The Labute approximate surface area is 96.6 Å². The van der Waals surface area contributed by atoms with E-state index in [1.54, 1.807) is 23.9 Å². The SMILES string of the molecule is CSCCCNc1cc(Br)ccc1F. The largest absolute Gasteiger partial charge is 0.383 e. The quantitative estimate of drug-likeness (QED) is 0.823. The molecule has 0 aliphatic rings. The molecule has 0 bridgehead atoms. The molecule has 0 heterocycles. The average Bonchev–Trinajstić information content (AvgIpc) is 2.18. The van der Waals surface area contributed by atoms with Crippen LogP contribution in [0.25, 0.3) is 0 Å². The molecule has 0 saturated heterocycles. The second-order valence-corrected chi connectivity index (χ2v) is 4.80. The summed E-state index contributed by atoms with van der Waals surface area (Å²) in [5.41, 5.74) is 0.570. The number of halogens is 2. The van der Waals surface area contributed by atoms with Crippen LogP contribution < -0.4 is 5.32 Å². The topological polar surface area (TPSA) is 12.0 Å². The van der Waals surface area contributed by atoms with Crippen LogP contribution in [0.1, 0.15) is 6.42 Å². The van der Waals surface area contributed by atoms with Gasteiger partial charge in [-0.25, -0.2) is 4.39 Å². The van der Waals surface area contributed by atoms with Crippen molar-refractivity contribution in [2.45, 2.75) is 6.42 Å². The molecule has 0 atom stereocenters. The Hall–Kier alpha value is -0.220. The van der Waals surface area contributed by atoms with E-state index < -0.39 is 0 Å². The molecule has 0 unspecified atom stereocenters. The molecule has 1 rings (SSSR count). The lowest BCUT2D eigenvalue weighted by Crippen LogP contribution is -2.04. The van der Waals surface area contributed by atoms with Crippen LogP contribution in [0.4, 0.5) is 10.1 Å². The fourth-order valence-electron chi connectivity index (χ4n) is 1.07. The number of anilines is 1. The van der Waals surface area contributed by atoms with Crippen molar-refractivity contribution in [3.63, 3.8) is 0 Å². The highest BCUT2D eigenvalue weighted by Crippen LogP contribution is 2.19. The summed E-state index contributed by atoms with van der Waals surface area (Å²) in [7, 11) is 0. The van der Waals surface area contributed by atoms with Crippen molar-refractivity contribution >= 4 is 33.4 Å². The van der Waals surface area contributed by atoms with E-state index in [1.807, 2.05) is 0 Å². The Morgan fingerprint density at radius 2 is 2.29 bits per heavy atom. The number of benzene rings is 1. The molecule has 0 aliphatic heterocycles. The van der Waals surface area contributed by atoms with Crippen LogP contribution in [-0.2, 0) is 0 Å². The third-order valence-corrected chi connectivity index (χ3v) is 2.96. The Morgan fingerprint density at radius 3 is 3.00 bits per heavy atom. The molecule has 0 aromatic heterocycles. The van der Waals surface area contributed by atoms with Gasteiger partial charge >= 0.3 is 0 Å². The molecule has 0 aliphatic carbocycles. The van der Waals surface area contributed by atoms with E-state index >= 15 is 0 Å². The Bertz CT molecular complexity index is 293. The van der Waals surface area contributed by atoms with Crippen LogP contribution in [0.5, 0.6) is 0 Å². The van der Waals surface area contributed by atoms with Gasteiger partial charge in [-0.15, -0.1) is 0 Å². The third-order valence-electron chi connectivity index (χ3n) is 1.77. The van der Waals surface area contributed by atoms with Crippen LogP contribution >= 0.6 is 27.7 Å². The standard InChI is InChI=1S/C10H13BrFNS/c1-14-6-2-5-13-10-7-8(11)3-4-9(10)12/h3-4,7,13H,2,5-6H2,1H3. The van der Waals surface area contributed by atoms with Crippen LogP contribution in [0.2, 0.25) is 0 Å². The number of nitrogens with one attached hydrogen (secondary N) is 1. The van der Waals surface area contributed by atoms with Crippen molar-refractivity contribution in [1.82, 2.24) is 0 Å². The minimum atomic E-state index is -0.197. The molecule has 0 spiro atoms. The zero-order chi connectivity index (χ0) is 10.4. The van der Waals surface area contributed by atoms with Gasteiger partial charge in [0.25, 0.3) is 0 Å². The van der Waals surface area contributed by atoms with Crippen LogP contribution in [0.15, 0.2) is 22.7 Å². The van der Waals surface area contributed by atoms with Gasteiger partial charge < -0.3 is 5.32 Å². The maximum atomic E-state index is 13.2. The van der Waals surface area contributed by atoms with Gasteiger partial charge in [0, 0.05) is 11.0 Å². The first-order valence-corrected chi connectivity index (χ1v) is 6.60. The van der Waals surface area contributed by atoms with Gasteiger partial charge in [-0.2, -0.15) is 11.8 Å². The Balaban J connectivity index is 2.45. The summed E-state index contributed by atoms with van der Waals surface area (Å²) in [6, 6.07) is 4.91. The van der Waals surface area contributed by atoms with E-state index in [2.05, 4.69) is 27.5 Å². The second-order valence-electron chi connectivity index (χ2n) is 2.90. The summed E-state index contributed by atoms with van der Waals surface area (Å²) >= 11 is 5.11. The molecular weight excluding hydrogens is 265 g/mol. The molecule has 1 nitrogen and oxygen atoms in total. The van der Waals surface area contributed by atoms with E-state index in [-0.39, 0.29) is 5.82 Å². The van der Waals surface area contributed by atoms with Crippen LogP contribution in [0, 0.1) is 5.82 Å². The lowest BCUT2D eigenvalue weighted by Gasteiger charge is -2.07. The molecule has 1 aromatic rings. The third kappa shape index (κ3) is 3.88. The van der Waals surface area contributed by atoms with E-state index in [4.69, 9.17) is 0 Å². The Morgan fingerprint density at radius 1 is 1.50 bits per heavy atom. The van der Waals surface area contributed by atoms with Gasteiger partial charge in [0.05, 0.1) is 5.69 Å². The summed E-state index contributed by atoms with van der Waals surface area (Å²) in [6.07, 6.45) is 3.12. The molecule has 4 heteroatoms. The molecule has 1 aromatic carbocycles. The lowest BCUT2D eigenvalue weighted by atomic mass is 10.3. The van der Waals surface area contributed by atoms with Crippen molar-refractivity contribution in [3.8, 4) is 0 Å². The average molecular weight is 278 g/mol. The zero-order valence-electron chi connectivity index (χ0n) is 8.02. The zero-order valence-corrected chi connectivity index (χ0v) is 10.4. The predicted octanol–water partition coefficient (Wildman–Crippen LogP) is 3.75. The highest BCUT2D eigenvalue weighted by molar-refractivity contribution is 9.10. The van der Waals surface area contributed by atoms with Gasteiger partial charge in [0.1, 0.15) is 5.82 Å². The molecule has 1 N–H and O–H groups in total. The number of thioether (sulfide) groups is 1. The summed E-state index contributed by atoms with van der Waals surface area (Å²) < 4.78 is 14.1. The minimum absolute atomic E-state index is 0.197. The lowest BCUT2D eigenvalue weighted by molar-refractivity contribution is 0.629. The van der Waals surface area contributed by atoms with Gasteiger partial charge in [-0.05, 0) is 36.6 Å². The minimum Gasteiger partial charge on any atom is -0.383 e. The highest BCUT2D eigenvalue weighted by Gasteiger charge is 2.00. The van der Waals surface area contributed by atoms with Crippen molar-refractivity contribution in [3.05, 3.63) is 28.5 Å². The van der Waals surface area contributed by atoms with Crippen LogP contribution in [-0.4, -0.2) is 18.6 Å². The summed E-state index contributed by atoms with van der Waals surface area (Å²) in [5, 5.41) is 3.07. The maximum Gasteiger partial charge on any atom is 0.146 e. The smallest absolute Gasteiger partial charge is 0.146 e. The van der Waals surface area contributed by atoms with E-state index in [1.165, 1.54) is 6.07 Å². The number of hydrogen-bond donors (Lipinski definition) is 1. The summed E-state index contributed by atoms with van der Waals surface area (Å²) in [4.78, 5) is 0. The second kappa shape index (κ2) is 6.30. The summed E-state index contributed by atoms with van der Waals surface area (Å²) in [6.45, 7) is 0.814. The summed E-state index contributed by atoms with van der Waals surface area (Å²) in [5.74, 6) is 0.903. The van der Waals surface area contributed by atoms with Crippen molar-refractivity contribution in [1.29, 1.82) is 0 Å². The maximum absolute atomic E-state index is 13.2. The van der Waals surface area contributed by atoms with E-state index in [0.717, 1.165) is 23.2 Å². The molecule has 0 radical (unpaired) electrons. The molecule has 0 saturated carbocycles. The fourth-order valence-corrected chi connectivity index (χ4v) is 1.87. The molecule has 14 heavy (non-hydrogen) atoms. The van der Waals surface area contributed by atoms with Gasteiger partial charge in [-0.3, -0.25) is 0 Å². The van der Waals surface area contributed by atoms with Crippen molar-refractivity contribution in [2.75, 3.05) is 23.9 Å². The van der Waals surface area contributed by atoms with Crippen molar-refractivity contribution in [2.24, 2.45) is 0 Å². The molecular formula is C10H13BrFNS.